The summed E-state index contributed by atoms with van der Waals surface area (Å²) in [6.45, 7) is 2.95. The zero-order chi connectivity index (χ0) is 13.2. The number of thiazole rings is 1. The fourth-order valence-electron chi connectivity index (χ4n) is 2.28. The Labute approximate surface area is 115 Å². The van der Waals surface area contributed by atoms with E-state index in [1.54, 1.807) is 11.3 Å². The van der Waals surface area contributed by atoms with Gasteiger partial charge in [-0.1, -0.05) is 6.92 Å². The van der Waals surface area contributed by atoms with E-state index < -0.39 is 0 Å². The van der Waals surface area contributed by atoms with E-state index in [1.807, 2.05) is 19.4 Å². The number of nitrogens with zero attached hydrogens (tertiary/aromatic N) is 4. The molecule has 100 valence electrons. The molecule has 0 fully saturated rings. The second-order valence-corrected chi connectivity index (χ2v) is 5.30. The highest BCUT2D eigenvalue weighted by Gasteiger charge is 2.16. The van der Waals surface area contributed by atoms with Crippen LogP contribution in [0.1, 0.15) is 24.9 Å². The van der Waals surface area contributed by atoms with Crippen molar-refractivity contribution in [1.29, 1.82) is 0 Å². The van der Waals surface area contributed by atoms with Crippen LogP contribution in [0.5, 0.6) is 0 Å². The third-order valence-corrected chi connectivity index (χ3v) is 3.86. The van der Waals surface area contributed by atoms with Gasteiger partial charge in [-0.15, -0.1) is 11.3 Å². The van der Waals surface area contributed by atoms with Crippen molar-refractivity contribution in [3.05, 3.63) is 35.5 Å². The largest absolute Gasteiger partial charge is 0.314 e. The molecule has 0 saturated heterocycles. The second-order valence-electron chi connectivity index (χ2n) is 4.43. The number of aromatic nitrogens is 4. The van der Waals surface area contributed by atoms with Gasteiger partial charge in [-0.05, 0) is 13.5 Å². The van der Waals surface area contributed by atoms with Crippen molar-refractivity contribution in [1.82, 2.24) is 24.3 Å². The summed E-state index contributed by atoms with van der Waals surface area (Å²) in [6.07, 6.45) is 7.97. The van der Waals surface area contributed by atoms with Crippen molar-refractivity contribution in [2.75, 3.05) is 7.05 Å². The van der Waals surface area contributed by atoms with Crippen LogP contribution in [0.2, 0.25) is 0 Å². The average molecular weight is 275 g/mol. The van der Waals surface area contributed by atoms with Crippen LogP contribution in [0, 0.1) is 0 Å². The van der Waals surface area contributed by atoms with Crippen molar-refractivity contribution in [2.45, 2.75) is 26.3 Å². The molecule has 3 rings (SSSR count). The molecule has 0 aromatic carbocycles. The highest BCUT2D eigenvalue weighted by Crippen LogP contribution is 2.22. The minimum absolute atomic E-state index is 0.789. The maximum Gasteiger partial charge on any atom is 0.195 e. The van der Waals surface area contributed by atoms with Gasteiger partial charge in [0.15, 0.2) is 10.8 Å². The molecule has 0 unspecified atom stereocenters. The summed E-state index contributed by atoms with van der Waals surface area (Å²) in [4.78, 5) is 10.2. The fraction of sp³-hybridized carbons (Fsp3) is 0.385. The predicted octanol–water partition coefficient (Wildman–Crippen LogP) is 2.25. The SMILES string of the molecule is CCCc1nccn1-c1nc2sccn2c1CNC. The molecule has 0 aliphatic rings. The van der Waals surface area contributed by atoms with Crippen molar-refractivity contribution < 1.29 is 0 Å². The minimum Gasteiger partial charge on any atom is -0.314 e. The number of hydrogen-bond donors (Lipinski definition) is 1. The molecule has 3 aromatic heterocycles. The standard InChI is InChI=1S/C13H17N5S/c1-3-4-11-15-5-6-18(11)12-10(9-14-2)17-7-8-19-13(17)16-12/h5-8,14H,3-4,9H2,1-2H3. The summed E-state index contributed by atoms with van der Waals surface area (Å²) in [5.74, 6) is 2.06. The number of nitrogens with one attached hydrogen (secondary N) is 1. The lowest BCUT2D eigenvalue weighted by Crippen LogP contribution is -2.11. The summed E-state index contributed by atoms with van der Waals surface area (Å²) >= 11 is 1.65. The van der Waals surface area contributed by atoms with E-state index in [-0.39, 0.29) is 0 Å². The Morgan fingerprint density at radius 1 is 1.37 bits per heavy atom. The molecule has 0 amide bonds. The van der Waals surface area contributed by atoms with E-state index in [0.29, 0.717) is 0 Å². The summed E-state index contributed by atoms with van der Waals surface area (Å²) < 4.78 is 4.25. The molecule has 6 heteroatoms. The van der Waals surface area contributed by atoms with Crippen molar-refractivity contribution in [3.8, 4) is 5.82 Å². The number of rotatable bonds is 5. The van der Waals surface area contributed by atoms with Crippen molar-refractivity contribution in [3.63, 3.8) is 0 Å². The Kier molecular flexibility index (Phi) is 3.35. The molecule has 5 nitrogen and oxygen atoms in total. The first-order valence-electron chi connectivity index (χ1n) is 6.46. The Hall–Kier alpha value is -1.66. The van der Waals surface area contributed by atoms with Crippen LogP contribution >= 0.6 is 11.3 Å². The van der Waals surface area contributed by atoms with Gasteiger partial charge in [0.1, 0.15) is 5.82 Å². The molecule has 0 saturated carbocycles. The molecule has 19 heavy (non-hydrogen) atoms. The third kappa shape index (κ3) is 2.06. The maximum absolute atomic E-state index is 4.74. The fourth-order valence-corrected chi connectivity index (χ4v) is 3.01. The van der Waals surface area contributed by atoms with E-state index in [1.165, 1.54) is 5.69 Å². The van der Waals surface area contributed by atoms with Crippen molar-refractivity contribution >= 4 is 16.3 Å². The first-order valence-corrected chi connectivity index (χ1v) is 7.34. The van der Waals surface area contributed by atoms with Crippen LogP contribution < -0.4 is 5.32 Å². The molecular formula is C13H17N5S. The van der Waals surface area contributed by atoms with Crippen LogP contribution in [-0.2, 0) is 13.0 Å². The Morgan fingerprint density at radius 2 is 2.26 bits per heavy atom. The molecule has 0 aliphatic carbocycles. The monoisotopic (exact) mass is 275 g/mol. The first-order chi connectivity index (χ1) is 9.35. The molecule has 0 aliphatic heterocycles. The van der Waals surface area contributed by atoms with Crippen LogP contribution in [0.4, 0.5) is 0 Å². The number of fused-ring (bicyclic) bond motifs is 1. The average Bonchev–Trinajstić information content (AvgIpc) is 3.07. The van der Waals surface area contributed by atoms with Gasteiger partial charge in [0.05, 0.1) is 5.69 Å². The van der Waals surface area contributed by atoms with E-state index in [0.717, 1.165) is 36.0 Å². The molecule has 0 radical (unpaired) electrons. The van der Waals surface area contributed by atoms with Gasteiger partial charge in [-0.25, -0.2) is 9.97 Å². The lowest BCUT2D eigenvalue weighted by Gasteiger charge is -2.07. The molecule has 1 N–H and O–H groups in total. The molecular weight excluding hydrogens is 258 g/mol. The minimum atomic E-state index is 0.789. The van der Waals surface area contributed by atoms with Gasteiger partial charge in [0.2, 0.25) is 0 Å². The van der Waals surface area contributed by atoms with E-state index in [2.05, 4.69) is 37.8 Å². The number of imidazole rings is 2. The van der Waals surface area contributed by atoms with Crippen molar-refractivity contribution in [2.24, 2.45) is 0 Å². The third-order valence-electron chi connectivity index (χ3n) is 3.10. The maximum atomic E-state index is 4.74. The Morgan fingerprint density at radius 3 is 3.05 bits per heavy atom. The quantitative estimate of drug-likeness (QED) is 0.777. The lowest BCUT2D eigenvalue weighted by molar-refractivity contribution is 0.754. The molecule has 3 heterocycles. The van der Waals surface area contributed by atoms with Crippen LogP contribution in [-0.4, -0.2) is 26.0 Å². The van der Waals surface area contributed by atoms with E-state index in [9.17, 15) is 0 Å². The van der Waals surface area contributed by atoms with Gasteiger partial charge in [-0.3, -0.25) is 8.97 Å². The Balaban J connectivity index is 2.15. The highest BCUT2D eigenvalue weighted by atomic mass is 32.1. The summed E-state index contributed by atoms with van der Waals surface area (Å²) in [7, 11) is 1.95. The van der Waals surface area contributed by atoms with Crippen LogP contribution in [0.3, 0.4) is 0 Å². The van der Waals surface area contributed by atoms with Gasteiger partial charge in [-0.2, -0.15) is 0 Å². The van der Waals surface area contributed by atoms with Crippen LogP contribution in [0.25, 0.3) is 10.8 Å². The van der Waals surface area contributed by atoms with Gasteiger partial charge in [0, 0.05) is 36.9 Å². The zero-order valence-electron chi connectivity index (χ0n) is 11.1. The van der Waals surface area contributed by atoms with Gasteiger partial charge >= 0.3 is 0 Å². The highest BCUT2D eigenvalue weighted by molar-refractivity contribution is 7.15. The molecule has 0 spiro atoms. The smallest absolute Gasteiger partial charge is 0.195 e. The number of aryl methyl sites for hydroxylation is 1. The summed E-state index contributed by atoms with van der Waals surface area (Å²) in [5.41, 5.74) is 1.18. The topological polar surface area (TPSA) is 47.2 Å². The number of hydrogen-bond acceptors (Lipinski definition) is 4. The summed E-state index contributed by atoms with van der Waals surface area (Å²) in [6, 6.07) is 0. The summed E-state index contributed by atoms with van der Waals surface area (Å²) in [5, 5.41) is 5.28. The van der Waals surface area contributed by atoms with Gasteiger partial charge in [0.25, 0.3) is 0 Å². The molecule has 3 aromatic rings. The van der Waals surface area contributed by atoms with Crippen LogP contribution in [0.15, 0.2) is 24.0 Å². The Bertz CT molecular complexity index is 678. The molecule has 0 bridgehead atoms. The van der Waals surface area contributed by atoms with Gasteiger partial charge < -0.3 is 5.32 Å². The predicted molar refractivity (Wildman–Crippen MR) is 76.9 cm³/mol. The zero-order valence-corrected chi connectivity index (χ0v) is 11.9. The normalized spacial score (nSPS) is 11.5. The second kappa shape index (κ2) is 5.14. The molecule has 0 atom stereocenters. The van der Waals surface area contributed by atoms with E-state index in [4.69, 9.17) is 4.98 Å². The van der Waals surface area contributed by atoms with E-state index >= 15 is 0 Å². The lowest BCUT2D eigenvalue weighted by atomic mass is 10.3. The first kappa shape index (κ1) is 12.4.